The number of hydrogen-bond donors (Lipinski definition) is 2. The zero-order chi connectivity index (χ0) is 17.2. The highest BCUT2D eigenvalue weighted by atomic mass is 16.5. The van der Waals surface area contributed by atoms with Crippen molar-refractivity contribution in [2.75, 3.05) is 13.2 Å². The molecule has 1 rings (SSSR count). The maximum Gasteiger partial charge on any atom is 0.331 e. The quantitative estimate of drug-likeness (QED) is 0.535. The van der Waals surface area contributed by atoms with Crippen molar-refractivity contribution in [1.82, 2.24) is 5.32 Å². The monoisotopic (exact) mass is 323 g/mol. The van der Waals surface area contributed by atoms with Crippen LogP contribution in [-0.4, -0.2) is 42.3 Å². The van der Waals surface area contributed by atoms with E-state index in [0.29, 0.717) is 17.9 Å². The van der Waals surface area contributed by atoms with Crippen molar-refractivity contribution < 1.29 is 24.2 Å². The van der Waals surface area contributed by atoms with E-state index in [1.165, 1.54) is 6.92 Å². The van der Waals surface area contributed by atoms with E-state index in [2.05, 4.69) is 12.2 Å². The summed E-state index contributed by atoms with van der Waals surface area (Å²) in [6.07, 6.45) is 0.974. The number of rotatable bonds is 9. The highest BCUT2D eigenvalue weighted by Crippen LogP contribution is 2.13. The standard InChI is InChI=1S/C17H25NO5/c1-4-6-11-23-14-9-7-13(8-10-14)16(20)18-15(12(3)19)17(21)22-5-2/h7-10,12,15,19H,4-6,11H2,1-3H3,(H,18,20). The van der Waals surface area contributed by atoms with Crippen molar-refractivity contribution in [1.29, 1.82) is 0 Å². The van der Waals surface area contributed by atoms with Crippen LogP contribution < -0.4 is 10.1 Å². The number of carbonyl (C=O) groups excluding carboxylic acids is 2. The zero-order valence-electron chi connectivity index (χ0n) is 13.9. The van der Waals surface area contributed by atoms with Gasteiger partial charge in [0.05, 0.1) is 19.3 Å². The maximum absolute atomic E-state index is 12.2. The second-order valence-corrected chi connectivity index (χ2v) is 5.17. The minimum atomic E-state index is -1.09. The van der Waals surface area contributed by atoms with Gasteiger partial charge in [-0.05, 0) is 44.5 Å². The molecule has 0 bridgehead atoms. The minimum Gasteiger partial charge on any atom is -0.494 e. The SMILES string of the molecule is CCCCOc1ccc(C(=O)NC(C(=O)OCC)C(C)O)cc1. The first-order valence-corrected chi connectivity index (χ1v) is 7.88. The Hall–Kier alpha value is -2.08. The molecule has 0 spiro atoms. The molecule has 1 amide bonds. The van der Waals surface area contributed by atoms with Crippen molar-refractivity contribution in [2.45, 2.75) is 45.8 Å². The number of benzene rings is 1. The highest BCUT2D eigenvalue weighted by Gasteiger charge is 2.27. The average molecular weight is 323 g/mol. The minimum absolute atomic E-state index is 0.182. The van der Waals surface area contributed by atoms with Crippen LogP contribution in [0.1, 0.15) is 44.0 Å². The molecule has 6 heteroatoms. The van der Waals surface area contributed by atoms with Crippen LogP contribution in [0.25, 0.3) is 0 Å². The number of aliphatic hydroxyl groups is 1. The number of amides is 1. The molecule has 1 aromatic rings. The molecule has 0 radical (unpaired) electrons. The predicted octanol–water partition coefficient (Wildman–Crippen LogP) is 1.91. The molecule has 2 N–H and O–H groups in total. The van der Waals surface area contributed by atoms with Crippen molar-refractivity contribution >= 4 is 11.9 Å². The Kier molecular flexibility index (Phi) is 8.11. The molecule has 23 heavy (non-hydrogen) atoms. The number of carbonyl (C=O) groups is 2. The number of esters is 1. The summed E-state index contributed by atoms with van der Waals surface area (Å²) in [5.74, 6) is -0.424. The van der Waals surface area contributed by atoms with E-state index in [1.54, 1.807) is 31.2 Å². The lowest BCUT2D eigenvalue weighted by Crippen LogP contribution is -2.48. The summed E-state index contributed by atoms with van der Waals surface area (Å²) in [6.45, 7) is 5.98. The van der Waals surface area contributed by atoms with Gasteiger partial charge in [-0.25, -0.2) is 4.79 Å². The molecule has 0 saturated heterocycles. The van der Waals surface area contributed by atoms with Gasteiger partial charge in [-0.3, -0.25) is 4.79 Å². The summed E-state index contributed by atoms with van der Waals surface area (Å²) in [5, 5.41) is 12.1. The smallest absolute Gasteiger partial charge is 0.331 e. The molecular formula is C17H25NO5. The normalized spacial score (nSPS) is 13.0. The van der Waals surface area contributed by atoms with Crippen LogP contribution in [0.5, 0.6) is 5.75 Å². The van der Waals surface area contributed by atoms with Crippen molar-refractivity contribution in [2.24, 2.45) is 0 Å². The number of unbranched alkanes of at least 4 members (excludes halogenated alkanes) is 1. The van der Waals surface area contributed by atoms with Gasteiger partial charge in [0.2, 0.25) is 0 Å². The summed E-state index contributed by atoms with van der Waals surface area (Å²) < 4.78 is 10.4. The highest BCUT2D eigenvalue weighted by molar-refractivity contribution is 5.97. The Labute approximate surface area is 136 Å². The van der Waals surface area contributed by atoms with Crippen LogP contribution in [0.4, 0.5) is 0 Å². The van der Waals surface area contributed by atoms with Gasteiger partial charge in [-0.1, -0.05) is 13.3 Å². The van der Waals surface area contributed by atoms with Crippen molar-refractivity contribution in [3.05, 3.63) is 29.8 Å². The van der Waals surface area contributed by atoms with Crippen LogP contribution in [-0.2, 0) is 9.53 Å². The van der Waals surface area contributed by atoms with Crippen molar-refractivity contribution in [3.8, 4) is 5.75 Å². The van der Waals surface area contributed by atoms with E-state index in [9.17, 15) is 14.7 Å². The molecule has 0 heterocycles. The van der Waals surface area contributed by atoms with Gasteiger partial charge in [0.15, 0.2) is 6.04 Å². The summed E-state index contributed by atoms with van der Waals surface area (Å²) in [4.78, 5) is 23.9. The molecule has 0 aliphatic heterocycles. The molecule has 0 aliphatic rings. The van der Waals surface area contributed by atoms with E-state index in [-0.39, 0.29) is 6.61 Å². The van der Waals surface area contributed by atoms with E-state index >= 15 is 0 Å². The molecular weight excluding hydrogens is 298 g/mol. The molecule has 2 unspecified atom stereocenters. The van der Waals surface area contributed by atoms with E-state index < -0.39 is 24.0 Å². The third kappa shape index (κ3) is 6.28. The molecule has 6 nitrogen and oxygen atoms in total. The van der Waals surface area contributed by atoms with Crippen LogP contribution in [0.3, 0.4) is 0 Å². The Balaban J connectivity index is 2.66. The average Bonchev–Trinajstić information content (AvgIpc) is 2.53. The van der Waals surface area contributed by atoms with Crippen LogP contribution in [0.15, 0.2) is 24.3 Å². The first-order valence-electron chi connectivity index (χ1n) is 7.88. The zero-order valence-corrected chi connectivity index (χ0v) is 13.9. The summed E-state index contributed by atoms with van der Waals surface area (Å²) in [6, 6.07) is 5.53. The topological polar surface area (TPSA) is 84.9 Å². The number of hydrogen-bond acceptors (Lipinski definition) is 5. The van der Waals surface area contributed by atoms with Crippen molar-refractivity contribution in [3.63, 3.8) is 0 Å². The Morgan fingerprint density at radius 2 is 1.87 bits per heavy atom. The van der Waals surface area contributed by atoms with E-state index in [1.807, 2.05) is 0 Å². The fourth-order valence-electron chi connectivity index (χ4n) is 1.87. The molecule has 0 saturated carbocycles. The summed E-state index contributed by atoms with van der Waals surface area (Å²) >= 11 is 0. The van der Waals surface area contributed by atoms with Gasteiger partial charge < -0.3 is 19.9 Å². The van der Waals surface area contributed by atoms with E-state index in [0.717, 1.165) is 12.8 Å². The second-order valence-electron chi connectivity index (χ2n) is 5.17. The molecule has 0 fully saturated rings. The Morgan fingerprint density at radius 3 is 2.39 bits per heavy atom. The lowest BCUT2D eigenvalue weighted by atomic mass is 10.1. The van der Waals surface area contributed by atoms with Crippen LogP contribution in [0.2, 0.25) is 0 Å². The van der Waals surface area contributed by atoms with Crippen LogP contribution >= 0.6 is 0 Å². The lowest BCUT2D eigenvalue weighted by molar-refractivity contribution is -0.148. The maximum atomic E-state index is 12.2. The lowest BCUT2D eigenvalue weighted by Gasteiger charge is -2.19. The fourth-order valence-corrected chi connectivity index (χ4v) is 1.87. The second kappa shape index (κ2) is 9.84. The van der Waals surface area contributed by atoms with Gasteiger partial charge in [-0.15, -0.1) is 0 Å². The van der Waals surface area contributed by atoms with Gasteiger partial charge in [-0.2, -0.15) is 0 Å². The Bertz CT molecular complexity index is 498. The number of ether oxygens (including phenoxy) is 2. The predicted molar refractivity (Wildman–Crippen MR) is 86.4 cm³/mol. The van der Waals surface area contributed by atoms with Gasteiger partial charge >= 0.3 is 5.97 Å². The molecule has 1 aromatic carbocycles. The van der Waals surface area contributed by atoms with Crippen LogP contribution in [0, 0.1) is 0 Å². The van der Waals surface area contributed by atoms with Gasteiger partial charge in [0, 0.05) is 5.56 Å². The molecule has 0 aromatic heterocycles. The largest absolute Gasteiger partial charge is 0.494 e. The molecule has 2 atom stereocenters. The first-order chi connectivity index (χ1) is 11.0. The van der Waals surface area contributed by atoms with E-state index in [4.69, 9.17) is 9.47 Å². The van der Waals surface area contributed by atoms with Gasteiger partial charge in [0.25, 0.3) is 5.91 Å². The fraction of sp³-hybridized carbons (Fsp3) is 0.529. The number of nitrogens with one attached hydrogen (secondary N) is 1. The third-order valence-corrected chi connectivity index (χ3v) is 3.19. The Morgan fingerprint density at radius 1 is 1.22 bits per heavy atom. The molecule has 128 valence electrons. The first kappa shape index (κ1) is 19.0. The molecule has 0 aliphatic carbocycles. The summed E-state index contributed by atoms with van der Waals surface area (Å²) in [5.41, 5.74) is 0.378. The number of aliphatic hydroxyl groups excluding tert-OH is 1. The summed E-state index contributed by atoms with van der Waals surface area (Å²) in [7, 11) is 0. The third-order valence-electron chi connectivity index (χ3n) is 3.19. The van der Waals surface area contributed by atoms with Gasteiger partial charge in [0.1, 0.15) is 5.75 Å².